The first kappa shape index (κ1) is 15.8. The van der Waals surface area contributed by atoms with Crippen LogP contribution < -0.4 is 11.1 Å². The van der Waals surface area contributed by atoms with E-state index in [1.54, 1.807) is 0 Å². The number of carbonyl (C=O) groups is 1. The maximum Gasteiger partial charge on any atom is 0.246 e. The molecule has 2 fully saturated rings. The van der Waals surface area contributed by atoms with Crippen LogP contribution in [-0.4, -0.2) is 31.7 Å². The van der Waals surface area contributed by atoms with E-state index in [9.17, 15) is 4.79 Å². The number of nitrogens with one attached hydrogen (secondary N) is 1. The Kier molecular flexibility index (Phi) is 6.80. The summed E-state index contributed by atoms with van der Waals surface area (Å²) in [4.78, 5) is 11.8. The second-order valence-corrected chi connectivity index (χ2v) is 6.46. The quantitative estimate of drug-likeness (QED) is 0.785. The Hall–Kier alpha value is -0.610. The summed E-state index contributed by atoms with van der Waals surface area (Å²) in [7, 11) is 0. The van der Waals surface area contributed by atoms with Gasteiger partial charge in [-0.05, 0) is 44.1 Å². The molecule has 2 aliphatic carbocycles. The molecule has 2 rings (SSSR count). The van der Waals surface area contributed by atoms with E-state index in [0.29, 0.717) is 24.5 Å². The topological polar surface area (TPSA) is 64.3 Å². The van der Waals surface area contributed by atoms with Gasteiger partial charge in [-0.25, -0.2) is 0 Å². The lowest BCUT2D eigenvalue weighted by atomic mass is 9.80. The van der Waals surface area contributed by atoms with Crippen LogP contribution in [0.1, 0.15) is 57.8 Å². The summed E-state index contributed by atoms with van der Waals surface area (Å²) in [5.41, 5.74) is 5.81. The Balaban J connectivity index is 1.60. The van der Waals surface area contributed by atoms with Crippen molar-refractivity contribution in [1.82, 2.24) is 5.32 Å². The molecule has 0 radical (unpaired) electrons. The van der Waals surface area contributed by atoms with E-state index in [2.05, 4.69) is 5.32 Å². The number of hydrogen-bond acceptors (Lipinski definition) is 3. The van der Waals surface area contributed by atoms with Gasteiger partial charge in [0.25, 0.3) is 0 Å². The molecule has 0 spiro atoms. The van der Waals surface area contributed by atoms with Gasteiger partial charge in [0.15, 0.2) is 0 Å². The zero-order valence-corrected chi connectivity index (χ0v) is 12.6. The van der Waals surface area contributed by atoms with Gasteiger partial charge in [-0.2, -0.15) is 0 Å². The molecule has 20 heavy (non-hydrogen) atoms. The Bertz CT molecular complexity index is 290. The van der Waals surface area contributed by atoms with Crippen molar-refractivity contribution in [2.75, 3.05) is 19.8 Å². The summed E-state index contributed by atoms with van der Waals surface area (Å²) in [5.74, 6) is 1.19. The van der Waals surface area contributed by atoms with Crippen molar-refractivity contribution < 1.29 is 9.53 Å². The highest BCUT2D eigenvalue weighted by Gasteiger charge is 2.24. The van der Waals surface area contributed by atoms with E-state index in [4.69, 9.17) is 10.5 Å². The number of ether oxygens (including phenoxy) is 1. The fourth-order valence-electron chi connectivity index (χ4n) is 3.63. The zero-order chi connectivity index (χ0) is 14.2. The summed E-state index contributed by atoms with van der Waals surface area (Å²) in [5, 5.41) is 3.09. The molecule has 0 aromatic carbocycles. The fourth-order valence-corrected chi connectivity index (χ4v) is 3.63. The van der Waals surface area contributed by atoms with Crippen molar-refractivity contribution >= 4 is 5.91 Å². The molecule has 4 nitrogen and oxygen atoms in total. The van der Waals surface area contributed by atoms with E-state index in [1.165, 1.54) is 44.9 Å². The van der Waals surface area contributed by atoms with E-state index >= 15 is 0 Å². The van der Waals surface area contributed by atoms with Crippen LogP contribution >= 0.6 is 0 Å². The molecule has 0 aromatic rings. The molecular formula is C16H30N2O2. The molecular weight excluding hydrogens is 252 g/mol. The van der Waals surface area contributed by atoms with Gasteiger partial charge < -0.3 is 15.8 Å². The lowest BCUT2D eigenvalue weighted by Crippen LogP contribution is -2.39. The lowest BCUT2D eigenvalue weighted by molar-refractivity contribution is -0.127. The second kappa shape index (κ2) is 8.63. The van der Waals surface area contributed by atoms with Gasteiger partial charge in [-0.3, -0.25) is 4.79 Å². The van der Waals surface area contributed by atoms with Gasteiger partial charge >= 0.3 is 0 Å². The van der Waals surface area contributed by atoms with Crippen molar-refractivity contribution in [2.24, 2.45) is 17.6 Å². The van der Waals surface area contributed by atoms with Gasteiger partial charge in [0.05, 0.1) is 6.61 Å². The van der Waals surface area contributed by atoms with Gasteiger partial charge in [-0.15, -0.1) is 0 Å². The third kappa shape index (κ3) is 5.06. The zero-order valence-electron chi connectivity index (χ0n) is 12.6. The summed E-state index contributed by atoms with van der Waals surface area (Å²) < 4.78 is 5.64. The van der Waals surface area contributed by atoms with Crippen LogP contribution in [0.5, 0.6) is 0 Å². The van der Waals surface area contributed by atoms with E-state index in [1.807, 2.05) is 0 Å². The first-order valence-electron chi connectivity index (χ1n) is 8.36. The third-order valence-electron chi connectivity index (χ3n) is 4.90. The Morgan fingerprint density at radius 1 is 1.00 bits per heavy atom. The van der Waals surface area contributed by atoms with Crippen molar-refractivity contribution in [3.05, 3.63) is 0 Å². The van der Waals surface area contributed by atoms with Gasteiger partial charge in [0, 0.05) is 6.04 Å². The lowest BCUT2D eigenvalue weighted by Gasteiger charge is -2.30. The predicted octanol–water partition coefficient (Wildman–Crippen LogP) is 2.22. The minimum Gasteiger partial charge on any atom is -0.371 e. The number of carbonyl (C=O) groups excluding carboxylic acids is 1. The van der Waals surface area contributed by atoms with Gasteiger partial charge in [0.2, 0.25) is 5.91 Å². The van der Waals surface area contributed by atoms with Crippen LogP contribution in [0.3, 0.4) is 0 Å². The van der Waals surface area contributed by atoms with Gasteiger partial charge in [-0.1, -0.05) is 32.1 Å². The average molecular weight is 282 g/mol. The largest absolute Gasteiger partial charge is 0.371 e. The molecule has 4 heteroatoms. The predicted molar refractivity (Wildman–Crippen MR) is 80.3 cm³/mol. The first-order valence-corrected chi connectivity index (χ1v) is 8.36. The SMILES string of the molecule is NCC1CCCCC1COCC(=O)NC1CCCCC1. The molecule has 1 amide bonds. The normalized spacial score (nSPS) is 28.2. The highest BCUT2D eigenvalue weighted by atomic mass is 16.5. The first-order chi connectivity index (χ1) is 9.79. The van der Waals surface area contributed by atoms with Crippen molar-refractivity contribution in [3.8, 4) is 0 Å². The Morgan fingerprint density at radius 3 is 2.35 bits per heavy atom. The van der Waals surface area contributed by atoms with Crippen LogP contribution in [0.15, 0.2) is 0 Å². The number of nitrogens with two attached hydrogens (primary N) is 1. The number of amides is 1. The standard InChI is InChI=1S/C16H30N2O2/c17-10-13-6-4-5-7-14(13)11-20-12-16(19)18-15-8-2-1-3-9-15/h13-15H,1-12,17H2,(H,18,19). The highest BCUT2D eigenvalue weighted by Crippen LogP contribution is 2.29. The maximum absolute atomic E-state index is 11.8. The molecule has 2 saturated carbocycles. The molecule has 0 saturated heterocycles. The minimum atomic E-state index is 0.0528. The number of hydrogen-bond donors (Lipinski definition) is 2. The summed E-state index contributed by atoms with van der Waals surface area (Å²) in [6.07, 6.45) is 11.0. The molecule has 3 N–H and O–H groups in total. The highest BCUT2D eigenvalue weighted by molar-refractivity contribution is 5.77. The van der Waals surface area contributed by atoms with Crippen LogP contribution in [0.2, 0.25) is 0 Å². The van der Waals surface area contributed by atoms with Crippen LogP contribution in [0.4, 0.5) is 0 Å². The van der Waals surface area contributed by atoms with Crippen molar-refractivity contribution in [1.29, 1.82) is 0 Å². The average Bonchev–Trinajstić information content (AvgIpc) is 2.49. The van der Waals surface area contributed by atoms with E-state index in [-0.39, 0.29) is 12.5 Å². The molecule has 116 valence electrons. The van der Waals surface area contributed by atoms with Crippen LogP contribution in [-0.2, 0) is 9.53 Å². The summed E-state index contributed by atoms with van der Waals surface area (Å²) in [6.45, 7) is 1.66. The monoisotopic (exact) mass is 282 g/mol. The van der Waals surface area contributed by atoms with Crippen molar-refractivity contribution in [3.63, 3.8) is 0 Å². The van der Waals surface area contributed by atoms with Crippen molar-refractivity contribution in [2.45, 2.75) is 63.8 Å². The second-order valence-electron chi connectivity index (χ2n) is 6.46. The smallest absolute Gasteiger partial charge is 0.246 e. The van der Waals surface area contributed by atoms with Gasteiger partial charge in [0.1, 0.15) is 6.61 Å². The molecule has 0 heterocycles. The summed E-state index contributed by atoms with van der Waals surface area (Å²) >= 11 is 0. The fraction of sp³-hybridized carbons (Fsp3) is 0.938. The van der Waals surface area contributed by atoms with Crippen LogP contribution in [0.25, 0.3) is 0 Å². The Morgan fingerprint density at radius 2 is 1.65 bits per heavy atom. The minimum absolute atomic E-state index is 0.0528. The molecule has 2 unspecified atom stereocenters. The molecule has 0 bridgehead atoms. The Labute approximate surface area is 122 Å². The number of rotatable bonds is 6. The molecule has 0 aliphatic heterocycles. The third-order valence-corrected chi connectivity index (χ3v) is 4.90. The molecule has 0 aromatic heterocycles. The molecule has 2 aliphatic rings. The van der Waals surface area contributed by atoms with Crippen LogP contribution in [0, 0.1) is 11.8 Å². The maximum atomic E-state index is 11.8. The molecule has 2 atom stereocenters. The van der Waals surface area contributed by atoms with E-state index < -0.39 is 0 Å². The van der Waals surface area contributed by atoms with E-state index in [0.717, 1.165) is 19.4 Å². The summed E-state index contributed by atoms with van der Waals surface area (Å²) in [6, 6.07) is 0.381.